The first-order chi connectivity index (χ1) is 13.3. The summed E-state index contributed by atoms with van der Waals surface area (Å²) in [5.41, 5.74) is 2.31. The fourth-order valence-electron chi connectivity index (χ4n) is 3.11. The Morgan fingerprint density at radius 2 is 1.74 bits per heavy atom. The number of amides is 1. The summed E-state index contributed by atoms with van der Waals surface area (Å²) in [5.74, 6) is 1.01. The second kappa shape index (κ2) is 9.93. The van der Waals surface area contributed by atoms with Crippen LogP contribution in [-0.2, 0) is 24.3 Å². The van der Waals surface area contributed by atoms with Crippen LogP contribution in [0.25, 0.3) is 0 Å². The first-order valence-corrected chi connectivity index (χ1v) is 10.1. The molecule has 0 aliphatic heterocycles. The lowest BCUT2D eigenvalue weighted by Gasteiger charge is -2.23. The van der Waals surface area contributed by atoms with Crippen LogP contribution in [0.5, 0.6) is 5.75 Å². The average molecular weight is 380 g/mol. The van der Waals surface area contributed by atoms with Gasteiger partial charge in [-0.15, -0.1) is 11.3 Å². The summed E-state index contributed by atoms with van der Waals surface area (Å²) < 4.78 is 5.46. The Morgan fingerprint density at radius 1 is 0.963 bits per heavy atom. The maximum atomic E-state index is 13.0. The van der Waals surface area contributed by atoms with Gasteiger partial charge in [-0.25, -0.2) is 0 Å². The molecule has 2 aromatic carbocycles. The molecule has 27 heavy (non-hydrogen) atoms. The number of carbonyl (C=O) groups is 1. The topological polar surface area (TPSA) is 29.5 Å². The molecule has 0 radical (unpaired) electrons. The Bertz CT molecular complexity index is 831. The van der Waals surface area contributed by atoms with Crippen LogP contribution in [0.15, 0.2) is 72.1 Å². The Hall–Kier alpha value is -2.59. The Kier molecular flexibility index (Phi) is 7.05. The lowest BCUT2D eigenvalue weighted by Crippen LogP contribution is -2.29. The van der Waals surface area contributed by atoms with Crippen molar-refractivity contribution in [1.82, 2.24) is 4.90 Å². The van der Waals surface area contributed by atoms with Crippen LogP contribution < -0.4 is 4.74 Å². The molecule has 0 unspecified atom stereocenters. The van der Waals surface area contributed by atoms with Gasteiger partial charge in [-0.05, 0) is 35.9 Å². The monoisotopic (exact) mass is 379 g/mol. The molecule has 0 N–H and O–H groups in total. The van der Waals surface area contributed by atoms with Crippen LogP contribution in [0.4, 0.5) is 0 Å². The fraction of sp³-hybridized carbons (Fsp3) is 0.261. The zero-order chi connectivity index (χ0) is 18.9. The molecule has 3 aromatic rings. The van der Waals surface area contributed by atoms with Gasteiger partial charge < -0.3 is 9.64 Å². The highest BCUT2D eigenvalue weighted by Gasteiger charge is 2.17. The van der Waals surface area contributed by atoms with Crippen LogP contribution in [0.3, 0.4) is 0 Å². The van der Waals surface area contributed by atoms with Crippen molar-refractivity contribution in [2.75, 3.05) is 7.11 Å². The van der Waals surface area contributed by atoms with E-state index in [2.05, 4.69) is 23.6 Å². The fourth-order valence-corrected chi connectivity index (χ4v) is 3.83. The first kappa shape index (κ1) is 19.2. The molecule has 4 heteroatoms. The van der Waals surface area contributed by atoms with E-state index in [0.29, 0.717) is 19.5 Å². The normalized spacial score (nSPS) is 10.6. The van der Waals surface area contributed by atoms with E-state index >= 15 is 0 Å². The smallest absolute Gasteiger partial charge is 0.223 e. The molecular weight excluding hydrogens is 354 g/mol. The minimum atomic E-state index is 0.185. The zero-order valence-corrected chi connectivity index (χ0v) is 16.5. The lowest BCUT2D eigenvalue weighted by molar-refractivity contribution is -0.132. The maximum absolute atomic E-state index is 13.0. The molecular formula is C23H25NO2S. The number of carbonyl (C=O) groups excluding carboxylic acids is 1. The van der Waals surface area contributed by atoms with Crippen molar-refractivity contribution in [2.45, 2.75) is 32.4 Å². The third-order valence-corrected chi connectivity index (χ3v) is 5.39. The lowest BCUT2D eigenvalue weighted by atomic mass is 10.1. The molecule has 140 valence electrons. The van der Waals surface area contributed by atoms with Gasteiger partial charge in [0, 0.05) is 23.4 Å². The Balaban J connectivity index is 1.66. The molecule has 0 aliphatic carbocycles. The van der Waals surface area contributed by atoms with Crippen molar-refractivity contribution in [2.24, 2.45) is 0 Å². The van der Waals surface area contributed by atoms with Crippen LogP contribution in [0.1, 0.15) is 28.8 Å². The van der Waals surface area contributed by atoms with E-state index in [9.17, 15) is 4.79 Å². The molecule has 1 aromatic heterocycles. The van der Waals surface area contributed by atoms with E-state index in [1.165, 1.54) is 10.4 Å². The van der Waals surface area contributed by atoms with Gasteiger partial charge in [-0.2, -0.15) is 0 Å². The Labute approximate surface area is 165 Å². The SMILES string of the molecule is COc1ccccc1CN(Cc1cccs1)C(=O)CCCc1ccccc1. The molecule has 0 saturated carbocycles. The summed E-state index contributed by atoms with van der Waals surface area (Å²) in [6.45, 7) is 1.20. The van der Waals surface area contributed by atoms with Crippen molar-refractivity contribution < 1.29 is 9.53 Å². The van der Waals surface area contributed by atoms with Gasteiger partial charge in [0.15, 0.2) is 0 Å². The molecule has 3 nitrogen and oxygen atoms in total. The largest absolute Gasteiger partial charge is 0.496 e. The van der Waals surface area contributed by atoms with Gasteiger partial charge in [0.25, 0.3) is 0 Å². The molecule has 0 fully saturated rings. The molecule has 0 bridgehead atoms. The summed E-state index contributed by atoms with van der Waals surface area (Å²) in [6, 6.07) is 22.4. The number of hydrogen-bond acceptors (Lipinski definition) is 3. The quantitative estimate of drug-likeness (QED) is 0.504. The molecule has 0 saturated heterocycles. The van der Waals surface area contributed by atoms with E-state index in [-0.39, 0.29) is 5.91 Å². The minimum absolute atomic E-state index is 0.185. The predicted molar refractivity (Wildman–Crippen MR) is 111 cm³/mol. The van der Waals surface area contributed by atoms with E-state index in [0.717, 1.165) is 24.2 Å². The zero-order valence-electron chi connectivity index (χ0n) is 15.6. The summed E-state index contributed by atoms with van der Waals surface area (Å²) >= 11 is 1.68. The Morgan fingerprint density at radius 3 is 2.48 bits per heavy atom. The van der Waals surface area contributed by atoms with Crippen LogP contribution in [0.2, 0.25) is 0 Å². The summed E-state index contributed by atoms with van der Waals surface area (Å²) in [4.78, 5) is 16.1. The van der Waals surface area contributed by atoms with Crippen LogP contribution in [0, 0.1) is 0 Å². The molecule has 1 heterocycles. The number of rotatable bonds is 9. The van der Waals surface area contributed by atoms with Gasteiger partial charge in [0.2, 0.25) is 5.91 Å². The second-order valence-electron chi connectivity index (χ2n) is 6.48. The van der Waals surface area contributed by atoms with Gasteiger partial charge in [-0.1, -0.05) is 54.6 Å². The summed E-state index contributed by atoms with van der Waals surface area (Å²) in [6.07, 6.45) is 2.33. The van der Waals surface area contributed by atoms with E-state index < -0.39 is 0 Å². The molecule has 0 aliphatic rings. The van der Waals surface area contributed by atoms with Crippen molar-refractivity contribution in [3.8, 4) is 5.75 Å². The van der Waals surface area contributed by atoms with Crippen molar-refractivity contribution >= 4 is 17.2 Å². The predicted octanol–water partition coefficient (Wildman–Crippen LogP) is 5.31. The van der Waals surface area contributed by atoms with Gasteiger partial charge in [0.1, 0.15) is 5.75 Å². The second-order valence-corrected chi connectivity index (χ2v) is 7.51. The third kappa shape index (κ3) is 5.69. The summed E-state index contributed by atoms with van der Waals surface area (Å²) in [5, 5.41) is 2.05. The number of nitrogens with zero attached hydrogens (tertiary/aromatic N) is 1. The number of benzene rings is 2. The molecule has 0 spiro atoms. The maximum Gasteiger partial charge on any atom is 0.223 e. The standard InChI is InChI=1S/C23H25NO2S/c1-26-22-14-6-5-12-20(22)17-24(18-21-13-8-16-27-21)23(25)15-7-11-19-9-3-2-4-10-19/h2-6,8-10,12-14,16H,7,11,15,17-18H2,1H3. The average Bonchev–Trinajstić information content (AvgIpc) is 3.22. The number of methoxy groups -OCH3 is 1. The molecule has 0 atom stereocenters. The van der Waals surface area contributed by atoms with Crippen molar-refractivity contribution in [3.63, 3.8) is 0 Å². The molecule has 3 rings (SSSR count). The number of hydrogen-bond donors (Lipinski definition) is 0. The minimum Gasteiger partial charge on any atom is -0.496 e. The van der Waals surface area contributed by atoms with Gasteiger partial charge >= 0.3 is 0 Å². The van der Waals surface area contributed by atoms with E-state index in [4.69, 9.17) is 4.74 Å². The highest BCUT2D eigenvalue weighted by Crippen LogP contribution is 2.22. The molecule has 1 amide bonds. The van der Waals surface area contributed by atoms with Gasteiger partial charge in [-0.3, -0.25) is 4.79 Å². The highest BCUT2D eigenvalue weighted by atomic mass is 32.1. The third-order valence-electron chi connectivity index (χ3n) is 4.53. The number of ether oxygens (including phenoxy) is 1. The van der Waals surface area contributed by atoms with Crippen molar-refractivity contribution in [1.29, 1.82) is 0 Å². The van der Waals surface area contributed by atoms with Crippen LogP contribution >= 0.6 is 11.3 Å². The van der Waals surface area contributed by atoms with Gasteiger partial charge in [0.05, 0.1) is 13.7 Å². The van der Waals surface area contributed by atoms with E-state index in [1.54, 1.807) is 18.4 Å². The highest BCUT2D eigenvalue weighted by molar-refractivity contribution is 7.09. The first-order valence-electron chi connectivity index (χ1n) is 9.22. The van der Waals surface area contributed by atoms with Crippen molar-refractivity contribution in [3.05, 3.63) is 88.1 Å². The van der Waals surface area contributed by atoms with E-state index in [1.807, 2.05) is 53.4 Å². The number of aryl methyl sites for hydroxylation is 1. The number of para-hydroxylation sites is 1. The summed E-state index contributed by atoms with van der Waals surface area (Å²) in [7, 11) is 1.67. The van der Waals surface area contributed by atoms with Crippen LogP contribution in [-0.4, -0.2) is 17.9 Å². The number of thiophene rings is 1.